The zero-order chi connectivity index (χ0) is 17.2. The Labute approximate surface area is 138 Å². The average molecular weight is 321 g/mol. The van der Waals surface area contributed by atoms with Crippen molar-refractivity contribution in [3.05, 3.63) is 42.5 Å². The van der Waals surface area contributed by atoms with Crippen LogP contribution in [0.5, 0.6) is 0 Å². The second-order valence-corrected chi connectivity index (χ2v) is 5.38. The van der Waals surface area contributed by atoms with E-state index in [4.69, 9.17) is 9.15 Å². The molecule has 0 spiro atoms. The Morgan fingerprint density at radius 3 is 2.75 bits per heavy atom. The Bertz CT molecular complexity index is 984. The van der Waals surface area contributed by atoms with Crippen LogP contribution in [0.4, 0.5) is 5.69 Å². The number of benzene rings is 2. The minimum atomic E-state index is -1.66. The molecule has 1 unspecified atom stereocenters. The molecule has 1 atom stereocenters. The molecule has 6 nitrogen and oxygen atoms in total. The van der Waals surface area contributed by atoms with Crippen molar-refractivity contribution in [1.29, 1.82) is 5.26 Å². The van der Waals surface area contributed by atoms with Crippen molar-refractivity contribution in [2.45, 2.75) is 19.4 Å². The molecule has 3 rings (SSSR count). The van der Waals surface area contributed by atoms with Gasteiger partial charge >= 0.3 is 5.97 Å². The molecule has 120 valence electrons. The number of nitrogens with zero attached hydrogens (tertiary/aromatic N) is 3. The van der Waals surface area contributed by atoms with E-state index in [0.29, 0.717) is 5.69 Å². The summed E-state index contributed by atoms with van der Waals surface area (Å²) in [4.78, 5) is 11.8. The molecule has 0 amide bonds. The van der Waals surface area contributed by atoms with E-state index in [0.717, 1.165) is 21.9 Å². The molecule has 0 radical (unpaired) electrons. The van der Waals surface area contributed by atoms with Crippen molar-refractivity contribution >= 4 is 33.6 Å². The van der Waals surface area contributed by atoms with E-state index in [1.165, 1.54) is 6.92 Å². The lowest BCUT2D eigenvalue weighted by molar-refractivity contribution is -0.146. The highest BCUT2D eigenvalue weighted by Gasteiger charge is 2.35. The Balaban J connectivity index is 1.99. The molecule has 0 aliphatic heterocycles. The van der Waals surface area contributed by atoms with Gasteiger partial charge in [0.2, 0.25) is 0 Å². The smallest absolute Gasteiger partial charge is 0.350 e. The Kier molecular flexibility index (Phi) is 4.00. The van der Waals surface area contributed by atoms with Crippen molar-refractivity contribution in [2.75, 3.05) is 6.61 Å². The molecule has 2 aromatic carbocycles. The number of hydrogen-bond donors (Lipinski definition) is 0. The normalized spacial score (nSPS) is 13.9. The molecule has 1 aromatic heterocycles. The number of hydrogen-bond acceptors (Lipinski definition) is 6. The molecule has 0 bridgehead atoms. The number of para-hydroxylation sites is 1. The second-order valence-electron chi connectivity index (χ2n) is 5.38. The average Bonchev–Trinajstić information content (AvgIpc) is 2.98. The van der Waals surface area contributed by atoms with Crippen LogP contribution in [0.2, 0.25) is 0 Å². The summed E-state index contributed by atoms with van der Waals surface area (Å²) < 4.78 is 10.6. The van der Waals surface area contributed by atoms with Gasteiger partial charge in [-0.2, -0.15) is 15.5 Å². The van der Waals surface area contributed by atoms with Gasteiger partial charge in [-0.1, -0.05) is 18.2 Å². The van der Waals surface area contributed by atoms with Crippen LogP contribution in [-0.2, 0) is 9.53 Å². The van der Waals surface area contributed by atoms with Crippen LogP contribution in [0.15, 0.2) is 57.1 Å². The number of ether oxygens (including phenoxy) is 1. The number of rotatable bonds is 4. The van der Waals surface area contributed by atoms with Gasteiger partial charge in [0, 0.05) is 10.8 Å². The third kappa shape index (κ3) is 2.72. The maximum atomic E-state index is 11.8. The molecule has 0 aliphatic rings. The summed E-state index contributed by atoms with van der Waals surface area (Å²) in [7, 11) is 0. The summed E-state index contributed by atoms with van der Waals surface area (Å²) in [5, 5.41) is 19.0. The van der Waals surface area contributed by atoms with Gasteiger partial charge in [-0.25, -0.2) is 4.79 Å². The molecule has 1 heterocycles. The zero-order valence-corrected chi connectivity index (χ0v) is 13.3. The van der Waals surface area contributed by atoms with Gasteiger partial charge < -0.3 is 9.15 Å². The van der Waals surface area contributed by atoms with Crippen LogP contribution in [0.25, 0.3) is 21.9 Å². The van der Waals surface area contributed by atoms with Crippen molar-refractivity contribution < 1.29 is 13.9 Å². The standard InChI is InChI=1S/C18H15N3O3/c1-3-23-17(22)18(2,11-19)21-20-12-8-9-16-14(10-12)13-6-4-5-7-15(13)24-16/h4-10H,3H2,1-2H3. The van der Waals surface area contributed by atoms with Crippen LogP contribution >= 0.6 is 0 Å². The largest absolute Gasteiger partial charge is 0.463 e. The van der Waals surface area contributed by atoms with Crippen LogP contribution < -0.4 is 0 Å². The fourth-order valence-electron chi connectivity index (χ4n) is 2.31. The van der Waals surface area contributed by atoms with Crippen LogP contribution in [0.1, 0.15) is 13.8 Å². The summed E-state index contributed by atoms with van der Waals surface area (Å²) in [6.07, 6.45) is 0. The summed E-state index contributed by atoms with van der Waals surface area (Å²) >= 11 is 0. The van der Waals surface area contributed by atoms with E-state index in [2.05, 4.69) is 10.2 Å². The fourth-order valence-corrected chi connectivity index (χ4v) is 2.31. The van der Waals surface area contributed by atoms with E-state index in [-0.39, 0.29) is 6.61 Å². The highest BCUT2D eigenvalue weighted by atomic mass is 16.5. The molecule has 0 fully saturated rings. The first-order valence-electron chi connectivity index (χ1n) is 7.50. The maximum Gasteiger partial charge on any atom is 0.350 e. The Hall–Kier alpha value is -3.20. The van der Waals surface area contributed by atoms with Gasteiger partial charge in [0.05, 0.1) is 12.3 Å². The SMILES string of the molecule is CCOC(=O)C(C)(C#N)N=Nc1ccc2oc3ccccc3c2c1. The van der Waals surface area contributed by atoms with Crippen molar-refractivity contribution in [1.82, 2.24) is 0 Å². The quantitative estimate of drug-likeness (QED) is 0.522. The third-order valence-electron chi connectivity index (χ3n) is 3.62. The molecule has 3 aromatic rings. The number of fused-ring (bicyclic) bond motifs is 3. The van der Waals surface area contributed by atoms with Gasteiger partial charge in [-0.3, -0.25) is 0 Å². The van der Waals surface area contributed by atoms with Crippen LogP contribution in [-0.4, -0.2) is 18.1 Å². The first kappa shape index (κ1) is 15.7. The second kappa shape index (κ2) is 6.13. The molecule has 0 saturated heterocycles. The minimum Gasteiger partial charge on any atom is -0.463 e. The number of carbonyl (C=O) groups excluding carboxylic acids is 1. The third-order valence-corrected chi connectivity index (χ3v) is 3.62. The molecular weight excluding hydrogens is 306 g/mol. The molecule has 0 aliphatic carbocycles. The lowest BCUT2D eigenvalue weighted by Gasteiger charge is -2.12. The number of furan rings is 1. The summed E-state index contributed by atoms with van der Waals surface area (Å²) in [5.74, 6) is -0.717. The summed E-state index contributed by atoms with van der Waals surface area (Å²) in [6, 6.07) is 14.9. The summed E-state index contributed by atoms with van der Waals surface area (Å²) in [5.41, 5.74) is 0.391. The Morgan fingerprint density at radius 2 is 2.00 bits per heavy atom. The van der Waals surface area contributed by atoms with Crippen molar-refractivity contribution in [2.24, 2.45) is 10.2 Å². The molecule has 24 heavy (non-hydrogen) atoms. The molecule has 0 saturated carbocycles. The van der Waals surface area contributed by atoms with E-state index >= 15 is 0 Å². The zero-order valence-electron chi connectivity index (χ0n) is 13.3. The first-order chi connectivity index (χ1) is 11.6. The van der Waals surface area contributed by atoms with E-state index in [9.17, 15) is 10.1 Å². The van der Waals surface area contributed by atoms with E-state index < -0.39 is 11.5 Å². The molecule has 6 heteroatoms. The highest BCUT2D eigenvalue weighted by molar-refractivity contribution is 6.05. The summed E-state index contributed by atoms with van der Waals surface area (Å²) in [6.45, 7) is 3.23. The minimum absolute atomic E-state index is 0.179. The number of esters is 1. The predicted octanol–water partition coefficient (Wildman–Crippen LogP) is 4.52. The van der Waals surface area contributed by atoms with Gasteiger partial charge in [0.1, 0.15) is 17.2 Å². The lowest BCUT2D eigenvalue weighted by Crippen LogP contribution is -2.33. The van der Waals surface area contributed by atoms with Gasteiger partial charge in [0.25, 0.3) is 5.54 Å². The van der Waals surface area contributed by atoms with Gasteiger partial charge in [0.15, 0.2) is 0 Å². The molecular formula is C18H15N3O3. The number of carbonyl (C=O) groups is 1. The maximum absolute atomic E-state index is 11.8. The van der Waals surface area contributed by atoms with Gasteiger partial charge in [-0.05, 0) is 38.1 Å². The van der Waals surface area contributed by atoms with Crippen LogP contribution in [0, 0.1) is 11.3 Å². The number of nitriles is 1. The highest BCUT2D eigenvalue weighted by Crippen LogP contribution is 2.31. The van der Waals surface area contributed by atoms with E-state index in [1.54, 1.807) is 19.1 Å². The van der Waals surface area contributed by atoms with E-state index in [1.807, 2.05) is 36.4 Å². The predicted molar refractivity (Wildman–Crippen MR) is 88.9 cm³/mol. The lowest BCUT2D eigenvalue weighted by atomic mass is 10.1. The number of azo groups is 1. The monoisotopic (exact) mass is 321 g/mol. The van der Waals surface area contributed by atoms with Crippen LogP contribution in [0.3, 0.4) is 0 Å². The molecule has 0 N–H and O–H groups in total. The van der Waals surface area contributed by atoms with Crippen molar-refractivity contribution in [3.8, 4) is 6.07 Å². The van der Waals surface area contributed by atoms with Gasteiger partial charge in [-0.15, -0.1) is 0 Å². The fraction of sp³-hybridized carbons (Fsp3) is 0.222. The van der Waals surface area contributed by atoms with Crippen molar-refractivity contribution in [3.63, 3.8) is 0 Å². The first-order valence-corrected chi connectivity index (χ1v) is 7.50. The topological polar surface area (TPSA) is 88.0 Å². The Morgan fingerprint density at radius 1 is 1.25 bits per heavy atom.